The Balaban J connectivity index is 1.79. The van der Waals surface area contributed by atoms with E-state index in [0.29, 0.717) is 11.0 Å². The lowest BCUT2D eigenvalue weighted by atomic mass is 10.1. The first kappa shape index (κ1) is 14.5. The Kier molecular flexibility index (Phi) is 3.76. The second kappa shape index (κ2) is 6.21. The molecular weight excluding hydrogens is 322 g/mol. The van der Waals surface area contributed by atoms with E-state index in [4.69, 9.17) is 17.0 Å². The van der Waals surface area contributed by atoms with Crippen molar-refractivity contribution in [1.29, 1.82) is 0 Å². The minimum atomic E-state index is -0.456. The lowest BCUT2D eigenvalue weighted by Crippen LogP contribution is -2.46. The van der Waals surface area contributed by atoms with E-state index in [-0.39, 0.29) is 0 Å². The summed E-state index contributed by atoms with van der Waals surface area (Å²) in [5.74, 6) is 0.499. The molecule has 7 heteroatoms. The number of aromatic nitrogens is 3. The Morgan fingerprint density at radius 2 is 1.50 bits per heavy atom. The van der Waals surface area contributed by atoms with E-state index in [9.17, 15) is 0 Å². The standard InChI is InChI=1S/C17H13N5OS/c24-17-20-15(13-7-3-1-4-8-13)23-16(14-9-5-2-6-10-14)22(17)21-11-18-19-12-21/h1-12,16H. The first-order chi connectivity index (χ1) is 11.8. The number of nitrogens with zero attached hydrogens (tertiary/aromatic N) is 5. The van der Waals surface area contributed by atoms with Gasteiger partial charge in [0.25, 0.3) is 0 Å². The summed E-state index contributed by atoms with van der Waals surface area (Å²) in [5, 5.41) is 9.81. The number of thiocarbonyl (C=S) groups is 1. The molecule has 1 unspecified atom stereocenters. The zero-order valence-corrected chi connectivity index (χ0v) is 13.4. The van der Waals surface area contributed by atoms with Gasteiger partial charge in [0.1, 0.15) is 12.7 Å². The quantitative estimate of drug-likeness (QED) is 0.689. The van der Waals surface area contributed by atoms with Crippen molar-refractivity contribution >= 4 is 23.2 Å². The normalized spacial score (nSPS) is 17.3. The summed E-state index contributed by atoms with van der Waals surface area (Å²) >= 11 is 5.51. The zero-order chi connectivity index (χ0) is 16.4. The number of aliphatic imine (C=N–C) groups is 1. The second-order valence-corrected chi connectivity index (χ2v) is 5.50. The summed E-state index contributed by atoms with van der Waals surface area (Å²) in [4.78, 5) is 4.44. The number of ether oxygens (including phenoxy) is 1. The van der Waals surface area contributed by atoms with Gasteiger partial charge in [-0.15, -0.1) is 10.2 Å². The molecule has 0 bridgehead atoms. The number of hydrogen-bond acceptors (Lipinski definition) is 4. The molecule has 2 aromatic carbocycles. The number of benzene rings is 2. The predicted molar refractivity (Wildman–Crippen MR) is 94.1 cm³/mol. The van der Waals surface area contributed by atoms with Crippen molar-refractivity contribution in [3.8, 4) is 0 Å². The van der Waals surface area contributed by atoms with E-state index in [1.165, 1.54) is 0 Å². The highest BCUT2D eigenvalue weighted by atomic mass is 32.1. The van der Waals surface area contributed by atoms with Gasteiger partial charge in [0.05, 0.1) is 0 Å². The SMILES string of the molecule is S=C1N=C(c2ccccc2)OC(c2ccccc2)N1n1cnnc1. The van der Waals surface area contributed by atoms with Crippen LogP contribution in [-0.4, -0.2) is 25.9 Å². The Morgan fingerprint density at radius 3 is 2.17 bits per heavy atom. The minimum absolute atomic E-state index is 0.383. The first-order valence-electron chi connectivity index (χ1n) is 7.37. The fourth-order valence-corrected chi connectivity index (χ4v) is 2.76. The Hall–Kier alpha value is -3.06. The van der Waals surface area contributed by atoms with Crippen LogP contribution in [0.5, 0.6) is 0 Å². The van der Waals surface area contributed by atoms with Crippen LogP contribution in [0.4, 0.5) is 0 Å². The van der Waals surface area contributed by atoms with Crippen molar-refractivity contribution in [1.82, 2.24) is 14.9 Å². The highest BCUT2D eigenvalue weighted by molar-refractivity contribution is 7.80. The summed E-state index contributed by atoms with van der Waals surface area (Å²) < 4.78 is 7.85. The molecule has 1 aromatic heterocycles. The number of hydrogen-bond donors (Lipinski definition) is 0. The van der Waals surface area contributed by atoms with Gasteiger partial charge in [0.15, 0.2) is 0 Å². The van der Waals surface area contributed by atoms with Crippen LogP contribution in [0.15, 0.2) is 78.3 Å². The van der Waals surface area contributed by atoms with Crippen molar-refractivity contribution in [3.63, 3.8) is 0 Å². The van der Waals surface area contributed by atoms with Crippen LogP contribution in [0.1, 0.15) is 17.4 Å². The van der Waals surface area contributed by atoms with Gasteiger partial charge in [-0.05, 0) is 24.4 Å². The molecule has 118 valence electrons. The topological polar surface area (TPSA) is 55.5 Å². The van der Waals surface area contributed by atoms with Crippen molar-refractivity contribution < 1.29 is 4.74 Å². The summed E-state index contributed by atoms with van der Waals surface area (Å²) in [6.07, 6.45) is 2.67. The van der Waals surface area contributed by atoms with E-state index in [0.717, 1.165) is 11.1 Å². The van der Waals surface area contributed by atoms with Crippen LogP contribution in [0.2, 0.25) is 0 Å². The molecule has 3 aromatic rings. The maximum absolute atomic E-state index is 6.18. The van der Waals surface area contributed by atoms with Gasteiger partial charge in [-0.3, -0.25) is 0 Å². The van der Waals surface area contributed by atoms with Gasteiger partial charge in [0.2, 0.25) is 17.2 Å². The summed E-state index contributed by atoms with van der Waals surface area (Å²) in [6.45, 7) is 0. The predicted octanol–water partition coefficient (Wildman–Crippen LogP) is 2.68. The molecular formula is C17H13N5OS. The fraction of sp³-hybridized carbons (Fsp3) is 0.0588. The van der Waals surface area contributed by atoms with Crippen LogP contribution in [0.3, 0.4) is 0 Å². The second-order valence-electron chi connectivity index (χ2n) is 5.13. The van der Waals surface area contributed by atoms with Crippen LogP contribution in [0.25, 0.3) is 0 Å². The third-order valence-electron chi connectivity index (χ3n) is 3.60. The minimum Gasteiger partial charge on any atom is -0.447 e. The molecule has 6 nitrogen and oxygen atoms in total. The average Bonchev–Trinajstić information content (AvgIpc) is 3.16. The van der Waals surface area contributed by atoms with Gasteiger partial charge in [-0.25, -0.2) is 9.69 Å². The van der Waals surface area contributed by atoms with Gasteiger partial charge in [0, 0.05) is 11.1 Å². The summed E-state index contributed by atoms with van der Waals surface area (Å²) in [5.41, 5.74) is 1.83. The molecule has 0 saturated heterocycles. The molecule has 1 atom stereocenters. The Labute approximate surface area is 144 Å². The zero-order valence-electron chi connectivity index (χ0n) is 12.6. The van der Waals surface area contributed by atoms with Crippen LogP contribution >= 0.6 is 12.2 Å². The smallest absolute Gasteiger partial charge is 0.225 e. The van der Waals surface area contributed by atoms with E-state index < -0.39 is 6.23 Å². The molecule has 24 heavy (non-hydrogen) atoms. The molecule has 4 rings (SSSR count). The molecule has 0 N–H and O–H groups in total. The van der Waals surface area contributed by atoms with Gasteiger partial charge in [-0.2, -0.15) is 4.99 Å². The van der Waals surface area contributed by atoms with Gasteiger partial charge in [-0.1, -0.05) is 48.5 Å². The van der Waals surface area contributed by atoms with E-state index in [1.807, 2.05) is 60.7 Å². The first-order valence-corrected chi connectivity index (χ1v) is 7.77. The molecule has 0 aliphatic carbocycles. The molecule has 1 aliphatic rings. The van der Waals surface area contributed by atoms with E-state index >= 15 is 0 Å². The molecule has 0 radical (unpaired) electrons. The molecule has 0 fully saturated rings. The summed E-state index contributed by atoms with van der Waals surface area (Å²) in [6, 6.07) is 19.6. The third kappa shape index (κ3) is 2.65. The average molecular weight is 335 g/mol. The van der Waals surface area contributed by atoms with Crippen LogP contribution in [-0.2, 0) is 4.74 Å². The Bertz CT molecular complexity index is 865. The molecule has 0 saturated carbocycles. The van der Waals surface area contributed by atoms with Crippen molar-refractivity contribution in [2.45, 2.75) is 6.23 Å². The van der Waals surface area contributed by atoms with Crippen molar-refractivity contribution in [3.05, 3.63) is 84.4 Å². The Morgan fingerprint density at radius 1 is 0.875 bits per heavy atom. The van der Waals surface area contributed by atoms with Crippen molar-refractivity contribution in [2.75, 3.05) is 5.01 Å². The maximum Gasteiger partial charge on any atom is 0.225 e. The molecule has 2 heterocycles. The van der Waals surface area contributed by atoms with Gasteiger partial charge >= 0.3 is 0 Å². The van der Waals surface area contributed by atoms with E-state index in [2.05, 4.69) is 15.2 Å². The molecule has 0 amide bonds. The van der Waals surface area contributed by atoms with Crippen molar-refractivity contribution in [2.24, 2.45) is 4.99 Å². The third-order valence-corrected chi connectivity index (χ3v) is 3.88. The van der Waals surface area contributed by atoms with E-state index in [1.54, 1.807) is 22.3 Å². The lowest BCUT2D eigenvalue weighted by Gasteiger charge is -2.35. The molecule has 0 spiro atoms. The van der Waals surface area contributed by atoms with Gasteiger partial charge < -0.3 is 4.74 Å². The summed E-state index contributed by atoms with van der Waals surface area (Å²) in [7, 11) is 0. The van der Waals surface area contributed by atoms with Crippen LogP contribution < -0.4 is 5.01 Å². The number of rotatable bonds is 3. The highest BCUT2D eigenvalue weighted by Crippen LogP contribution is 2.27. The fourth-order valence-electron chi connectivity index (χ4n) is 2.49. The highest BCUT2D eigenvalue weighted by Gasteiger charge is 2.32. The van der Waals surface area contributed by atoms with Crippen LogP contribution in [0, 0.1) is 0 Å². The monoisotopic (exact) mass is 335 g/mol. The lowest BCUT2D eigenvalue weighted by molar-refractivity contribution is 0.172. The largest absolute Gasteiger partial charge is 0.447 e. The molecule has 1 aliphatic heterocycles. The maximum atomic E-state index is 6.18.